The van der Waals surface area contributed by atoms with Gasteiger partial charge in [-0.25, -0.2) is 0 Å². The number of hydrogen-bond donors (Lipinski definition) is 2. The topological polar surface area (TPSA) is 59.6 Å². The first-order valence-electron chi connectivity index (χ1n) is 7.43. The molecule has 1 aliphatic rings. The molecule has 21 heavy (non-hydrogen) atoms. The van der Waals surface area contributed by atoms with E-state index >= 15 is 0 Å². The Bertz CT molecular complexity index is 445. The number of ether oxygens (including phenoxy) is 2. The minimum absolute atomic E-state index is 0.0642. The van der Waals surface area contributed by atoms with Gasteiger partial charge in [0.15, 0.2) is 0 Å². The number of hydrogen-bond acceptors (Lipinski definition) is 4. The Morgan fingerprint density at radius 2 is 2.10 bits per heavy atom. The van der Waals surface area contributed by atoms with Crippen LogP contribution in [0, 0.1) is 0 Å². The second-order valence-corrected chi connectivity index (χ2v) is 5.29. The molecule has 1 amide bonds. The number of carbonyl (C=O) groups is 1. The first-order valence-corrected chi connectivity index (χ1v) is 7.43. The maximum Gasteiger partial charge on any atom is 0.246 e. The highest BCUT2D eigenvalue weighted by Crippen LogP contribution is 2.08. The van der Waals surface area contributed by atoms with E-state index < -0.39 is 0 Å². The zero-order valence-corrected chi connectivity index (χ0v) is 12.6. The third kappa shape index (κ3) is 5.83. The Labute approximate surface area is 126 Å². The fourth-order valence-electron chi connectivity index (χ4n) is 2.40. The predicted molar refractivity (Wildman–Crippen MR) is 80.8 cm³/mol. The van der Waals surface area contributed by atoms with Gasteiger partial charge in [0.25, 0.3) is 0 Å². The average molecular weight is 292 g/mol. The van der Waals surface area contributed by atoms with E-state index in [1.165, 1.54) is 0 Å². The van der Waals surface area contributed by atoms with Gasteiger partial charge < -0.3 is 20.1 Å². The Hall–Kier alpha value is -1.43. The fraction of sp³-hybridized carbons (Fsp3) is 0.562. The zero-order chi connectivity index (χ0) is 14.9. The molecule has 1 aliphatic heterocycles. The second-order valence-electron chi connectivity index (χ2n) is 5.29. The van der Waals surface area contributed by atoms with Crippen LogP contribution in [0.5, 0.6) is 0 Å². The molecule has 5 heteroatoms. The lowest BCUT2D eigenvalue weighted by Crippen LogP contribution is -2.35. The van der Waals surface area contributed by atoms with Gasteiger partial charge in [-0.1, -0.05) is 24.3 Å². The van der Waals surface area contributed by atoms with E-state index in [4.69, 9.17) is 9.47 Å². The van der Waals surface area contributed by atoms with E-state index in [0.717, 1.165) is 37.1 Å². The first-order chi connectivity index (χ1) is 10.3. The van der Waals surface area contributed by atoms with Crippen molar-refractivity contribution in [1.29, 1.82) is 0 Å². The Morgan fingerprint density at radius 1 is 1.33 bits per heavy atom. The van der Waals surface area contributed by atoms with Gasteiger partial charge in [0.1, 0.15) is 6.61 Å². The van der Waals surface area contributed by atoms with Crippen molar-refractivity contribution in [3.8, 4) is 0 Å². The summed E-state index contributed by atoms with van der Waals surface area (Å²) in [6.45, 7) is 3.19. The van der Waals surface area contributed by atoms with Crippen molar-refractivity contribution >= 4 is 5.91 Å². The molecule has 2 N–H and O–H groups in total. The molecule has 0 bridgehead atoms. The molecule has 0 saturated carbocycles. The molecule has 0 unspecified atom stereocenters. The monoisotopic (exact) mass is 292 g/mol. The second kappa shape index (κ2) is 8.77. The molecule has 1 saturated heterocycles. The minimum Gasteiger partial charge on any atom is -0.380 e. The molecule has 1 aromatic carbocycles. The van der Waals surface area contributed by atoms with Crippen LogP contribution in [0.3, 0.4) is 0 Å². The summed E-state index contributed by atoms with van der Waals surface area (Å²) < 4.78 is 10.7. The van der Waals surface area contributed by atoms with Crippen LogP contribution < -0.4 is 10.6 Å². The van der Waals surface area contributed by atoms with E-state index in [2.05, 4.69) is 10.6 Å². The molecule has 2 rings (SSSR count). The summed E-state index contributed by atoms with van der Waals surface area (Å²) in [5, 5.41) is 6.16. The van der Waals surface area contributed by atoms with Crippen molar-refractivity contribution in [1.82, 2.24) is 10.6 Å². The number of rotatable bonds is 7. The molecule has 0 spiro atoms. The highest BCUT2D eigenvalue weighted by atomic mass is 16.5. The zero-order valence-electron chi connectivity index (χ0n) is 12.6. The van der Waals surface area contributed by atoms with Gasteiger partial charge in [0.05, 0.1) is 12.7 Å². The number of methoxy groups -OCH3 is 1. The summed E-state index contributed by atoms with van der Waals surface area (Å²) in [7, 11) is 1.67. The summed E-state index contributed by atoms with van der Waals surface area (Å²) >= 11 is 0. The van der Waals surface area contributed by atoms with E-state index in [0.29, 0.717) is 13.2 Å². The highest BCUT2D eigenvalue weighted by Gasteiger charge is 2.14. The third-order valence-electron chi connectivity index (χ3n) is 3.53. The molecule has 0 radical (unpaired) electrons. The summed E-state index contributed by atoms with van der Waals surface area (Å²) in [6, 6.07) is 8.01. The Kier molecular flexibility index (Phi) is 6.66. The number of amides is 1. The molecule has 1 fully saturated rings. The molecule has 0 aliphatic carbocycles. The normalized spacial score (nSPS) is 15.9. The van der Waals surface area contributed by atoms with E-state index in [1.807, 2.05) is 24.3 Å². The lowest BCUT2D eigenvalue weighted by molar-refractivity contribution is -0.128. The van der Waals surface area contributed by atoms with E-state index in [-0.39, 0.29) is 18.6 Å². The minimum atomic E-state index is -0.0642. The standard InChI is InChI=1S/C16H24N2O3/c1-20-11-14-4-2-3-13(9-14)10-18-16(19)12-21-15-5-7-17-8-6-15/h2-4,9,15,17H,5-8,10-12H2,1H3,(H,18,19). The summed E-state index contributed by atoms with van der Waals surface area (Å²) in [5.74, 6) is -0.0642. The maximum absolute atomic E-state index is 11.8. The maximum atomic E-state index is 11.8. The fourth-order valence-corrected chi connectivity index (χ4v) is 2.40. The van der Waals surface area contributed by atoms with Crippen LogP contribution in [-0.4, -0.2) is 38.8 Å². The molecule has 1 heterocycles. The van der Waals surface area contributed by atoms with Crippen molar-refractivity contribution in [3.05, 3.63) is 35.4 Å². The van der Waals surface area contributed by atoms with E-state index in [1.54, 1.807) is 7.11 Å². The number of carbonyl (C=O) groups excluding carboxylic acids is 1. The predicted octanol–water partition coefficient (Wildman–Crippen LogP) is 1.22. The van der Waals surface area contributed by atoms with E-state index in [9.17, 15) is 4.79 Å². The van der Waals surface area contributed by atoms with Gasteiger partial charge in [0.2, 0.25) is 5.91 Å². The third-order valence-corrected chi connectivity index (χ3v) is 3.53. The molecular formula is C16H24N2O3. The quantitative estimate of drug-likeness (QED) is 0.793. The Balaban J connectivity index is 1.69. The molecule has 0 atom stereocenters. The summed E-state index contributed by atoms with van der Waals surface area (Å²) in [5.41, 5.74) is 2.18. The smallest absolute Gasteiger partial charge is 0.246 e. The molecular weight excluding hydrogens is 268 g/mol. The van der Waals surface area contributed by atoms with Gasteiger partial charge in [-0.3, -0.25) is 4.79 Å². The van der Waals surface area contributed by atoms with Gasteiger partial charge in [-0.2, -0.15) is 0 Å². The lowest BCUT2D eigenvalue weighted by Gasteiger charge is -2.22. The molecule has 5 nitrogen and oxygen atoms in total. The van der Waals surface area contributed by atoms with Crippen molar-refractivity contribution in [2.24, 2.45) is 0 Å². The summed E-state index contributed by atoms with van der Waals surface area (Å²) in [6.07, 6.45) is 2.17. The Morgan fingerprint density at radius 3 is 2.86 bits per heavy atom. The van der Waals surface area contributed by atoms with Crippen molar-refractivity contribution in [3.63, 3.8) is 0 Å². The van der Waals surface area contributed by atoms with Gasteiger partial charge >= 0.3 is 0 Å². The SMILES string of the molecule is COCc1cccc(CNC(=O)COC2CCNCC2)c1. The molecule has 116 valence electrons. The van der Waals surface area contributed by atoms with Gasteiger partial charge in [0, 0.05) is 13.7 Å². The summed E-state index contributed by atoms with van der Waals surface area (Å²) in [4.78, 5) is 11.8. The molecule has 0 aromatic heterocycles. The number of benzene rings is 1. The average Bonchev–Trinajstić information content (AvgIpc) is 2.53. The van der Waals surface area contributed by atoms with Crippen LogP contribution >= 0.6 is 0 Å². The lowest BCUT2D eigenvalue weighted by atomic mass is 10.1. The van der Waals surface area contributed by atoms with Crippen molar-refractivity contribution in [2.45, 2.75) is 32.1 Å². The van der Waals surface area contributed by atoms with Gasteiger partial charge in [-0.05, 0) is 37.1 Å². The largest absolute Gasteiger partial charge is 0.380 e. The molecule has 1 aromatic rings. The van der Waals surface area contributed by atoms with Crippen LogP contribution in [0.1, 0.15) is 24.0 Å². The van der Waals surface area contributed by atoms with Crippen molar-refractivity contribution in [2.75, 3.05) is 26.8 Å². The van der Waals surface area contributed by atoms with Gasteiger partial charge in [-0.15, -0.1) is 0 Å². The first kappa shape index (κ1) is 15.9. The van der Waals surface area contributed by atoms with Crippen LogP contribution in [-0.2, 0) is 27.4 Å². The van der Waals surface area contributed by atoms with Crippen LogP contribution in [0.2, 0.25) is 0 Å². The van der Waals surface area contributed by atoms with Crippen LogP contribution in [0.4, 0.5) is 0 Å². The highest BCUT2D eigenvalue weighted by molar-refractivity contribution is 5.77. The van der Waals surface area contributed by atoms with Crippen LogP contribution in [0.15, 0.2) is 24.3 Å². The number of piperidine rings is 1. The van der Waals surface area contributed by atoms with Crippen molar-refractivity contribution < 1.29 is 14.3 Å². The number of nitrogens with one attached hydrogen (secondary N) is 2. The van der Waals surface area contributed by atoms with Crippen LogP contribution in [0.25, 0.3) is 0 Å².